The minimum absolute atomic E-state index is 0.554. The first-order valence-corrected chi connectivity index (χ1v) is 4.76. The molecule has 0 bridgehead atoms. The van der Waals surface area contributed by atoms with E-state index >= 15 is 0 Å². The van der Waals surface area contributed by atoms with Crippen LogP contribution in [0.1, 0.15) is 0 Å². The summed E-state index contributed by atoms with van der Waals surface area (Å²) in [7, 11) is 0. The van der Waals surface area contributed by atoms with Crippen molar-refractivity contribution in [1.82, 2.24) is 4.98 Å². The van der Waals surface area contributed by atoms with Crippen molar-refractivity contribution in [3.05, 3.63) is 17.3 Å². The second-order valence-electron chi connectivity index (χ2n) is 2.26. The number of pyridine rings is 1. The SMILES string of the molecule is Clc1ccc2c(n1)NCCS2. The zero-order chi connectivity index (χ0) is 7.68. The molecule has 0 spiro atoms. The van der Waals surface area contributed by atoms with E-state index in [-0.39, 0.29) is 0 Å². The molecule has 0 unspecified atom stereocenters. The standard InChI is InChI=1S/C7H7ClN2S/c8-6-2-1-5-7(10-6)9-3-4-11-5/h1-2H,3-4H2,(H,9,10). The van der Waals surface area contributed by atoms with Gasteiger partial charge in [0.2, 0.25) is 0 Å². The van der Waals surface area contributed by atoms with Gasteiger partial charge in [0.1, 0.15) is 11.0 Å². The third-order valence-electron chi connectivity index (χ3n) is 1.48. The van der Waals surface area contributed by atoms with Gasteiger partial charge in [-0.2, -0.15) is 0 Å². The second-order valence-corrected chi connectivity index (χ2v) is 3.78. The molecule has 1 aliphatic rings. The van der Waals surface area contributed by atoms with E-state index in [0.29, 0.717) is 5.15 Å². The molecule has 1 aromatic heterocycles. The Morgan fingerprint density at radius 1 is 1.55 bits per heavy atom. The van der Waals surface area contributed by atoms with E-state index in [1.54, 1.807) is 0 Å². The average molecular weight is 187 g/mol. The van der Waals surface area contributed by atoms with Gasteiger partial charge in [-0.3, -0.25) is 0 Å². The van der Waals surface area contributed by atoms with Gasteiger partial charge in [0.05, 0.1) is 0 Å². The van der Waals surface area contributed by atoms with Crippen LogP contribution in [0.25, 0.3) is 0 Å². The van der Waals surface area contributed by atoms with Crippen LogP contribution in [0.4, 0.5) is 5.82 Å². The van der Waals surface area contributed by atoms with Crippen molar-refractivity contribution in [1.29, 1.82) is 0 Å². The highest BCUT2D eigenvalue weighted by Crippen LogP contribution is 2.29. The van der Waals surface area contributed by atoms with E-state index in [1.165, 1.54) is 4.90 Å². The molecule has 0 aromatic carbocycles. The van der Waals surface area contributed by atoms with Crippen molar-refractivity contribution in [3.63, 3.8) is 0 Å². The fraction of sp³-hybridized carbons (Fsp3) is 0.286. The summed E-state index contributed by atoms with van der Waals surface area (Å²) >= 11 is 7.53. The highest BCUT2D eigenvalue weighted by atomic mass is 35.5. The number of fused-ring (bicyclic) bond motifs is 1. The maximum Gasteiger partial charge on any atom is 0.141 e. The predicted octanol–water partition coefficient (Wildman–Crippen LogP) is 2.25. The summed E-state index contributed by atoms with van der Waals surface area (Å²) in [6, 6.07) is 3.82. The molecule has 11 heavy (non-hydrogen) atoms. The van der Waals surface area contributed by atoms with Crippen molar-refractivity contribution >= 4 is 29.2 Å². The van der Waals surface area contributed by atoms with E-state index in [4.69, 9.17) is 11.6 Å². The van der Waals surface area contributed by atoms with Crippen LogP contribution in [0.2, 0.25) is 5.15 Å². The van der Waals surface area contributed by atoms with Crippen LogP contribution in [0.15, 0.2) is 17.0 Å². The van der Waals surface area contributed by atoms with Gasteiger partial charge >= 0.3 is 0 Å². The van der Waals surface area contributed by atoms with E-state index in [0.717, 1.165) is 18.1 Å². The largest absolute Gasteiger partial charge is 0.368 e. The fourth-order valence-electron chi connectivity index (χ4n) is 0.996. The van der Waals surface area contributed by atoms with E-state index in [1.807, 2.05) is 23.9 Å². The number of nitrogens with zero attached hydrogens (tertiary/aromatic N) is 1. The molecule has 0 atom stereocenters. The molecular weight excluding hydrogens is 180 g/mol. The number of rotatable bonds is 0. The summed E-state index contributed by atoms with van der Waals surface area (Å²) in [6.45, 7) is 0.977. The quantitative estimate of drug-likeness (QED) is 0.630. The van der Waals surface area contributed by atoms with Crippen LogP contribution in [-0.2, 0) is 0 Å². The number of halogens is 1. The lowest BCUT2D eigenvalue weighted by atomic mass is 10.4. The minimum atomic E-state index is 0.554. The zero-order valence-electron chi connectivity index (χ0n) is 5.80. The van der Waals surface area contributed by atoms with Crippen molar-refractivity contribution in [3.8, 4) is 0 Å². The van der Waals surface area contributed by atoms with Gasteiger partial charge in [-0.25, -0.2) is 4.98 Å². The summed E-state index contributed by atoms with van der Waals surface area (Å²) in [5, 5.41) is 3.74. The van der Waals surface area contributed by atoms with E-state index < -0.39 is 0 Å². The van der Waals surface area contributed by atoms with E-state index in [9.17, 15) is 0 Å². The van der Waals surface area contributed by atoms with E-state index in [2.05, 4.69) is 10.3 Å². The summed E-state index contributed by atoms with van der Waals surface area (Å²) in [6.07, 6.45) is 0. The van der Waals surface area contributed by atoms with Crippen molar-refractivity contribution in [2.24, 2.45) is 0 Å². The third kappa shape index (κ3) is 1.44. The Bertz CT molecular complexity index is 277. The average Bonchev–Trinajstić information content (AvgIpc) is 2.04. The lowest BCUT2D eigenvalue weighted by Gasteiger charge is -2.15. The Kier molecular flexibility index (Phi) is 1.92. The number of anilines is 1. The number of thioether (sulfide) groups is 1. The molecule has 0 aliphatic carbocycles. The van der Waals surface area contributed by atoms with Crippen LogP contribution in [0.3, 0.4) is 0 Å². The maximum absolute atomic E-state index is 5.72. The van der Waals surface area contributed by atoms with Gasteiger partial charge in [-0.1, -0.05) is 11.6 Å². The predicted molar refractivity (Wildman–Crippen MR) is 48.5 cm³/mol. The monoisotopic (exact) mass is 186 g/mol. The highest BCUT2D eigenvalue weighted by molar-refractivity contribution is 7.99. The summed E-state index contributed by atoms with van der Waals surface area (Å²) in [5.41, 5.74) is 0. The summed E-state index contributed by atoms with van der Waals surface area (Å²) in [5.74, 6) is 2.03. The Hall–Kier alpha value is -0.410. The molecule has 0 fully saturated rings. The topological polar surface area (TPSA) is 24.9 Å². The van der Waals surface area contributed by atoms with Crippen LogP contribution in [-0.4, -0.2) is 17.3 Å². The van der Waals surface area contributed by atoms with Crippen LogP contribution in [0.5, 0.6) is 0 Å². The number of hydrogen-bond acceptors (Lipinski definition) is 3. The molecule has 58 valence electrons. The van der Waals surface area contributed by atoms with Gasteiger partial charge in [-0.15, -0.1) is 11.8 Å². The molecule has 1 aliphatic heterocycles. The summed E-state index contributed by atoms with van der Waals surface area (Å²) in [4.78, 5) is 5.34. The molecule has 1 aromatic rings. The maximum atomic E-state index is 5.72. The highest BCUT2D eigenvalue weighted by Gasteiger charge is 2.09. The Morgan fingerprint density at radius 3 is 3.36 bits per heavy atom. The van der Waals surface area contributed by atoms with Crippen molar-refractivity contribution in [2.45, 2.75) is 4.90 Å². The van der Waals surface area contributed by atoms with Crippen LogP contribution < -0.4 is 5.32 Å². The first-order valence-electron chi connectivity index (χ1n) is 3.39. The normalized spacial score (nSPS) is 15.4. The van der Waals surface area contributed by atoms with Crippen molar-refractivity contribution < 1.29 is 0 Å². The van der Waals surface area contributed by atoms with Gasteiger partial charge < -0.3 is 5.32 Å². The lowest BCUT2D eigenvalue weighted by Crippen LogP contribution is -2.11. The van der Waals surface area contributed by atoms with Gasteiger partial charge in [-0.05, 0) is 12.1 Å². The molecule has 0 radical (unpaired) electrons. The molecule has 2 rings (SSSR count). The second kappa shape index (κ2) is 2.91. The minimum Gasteiger partial charge on any atom is -0.368 e. The molecule has 4 heteroatoms. The number of aromatic nitrogens is 1. The molecule has 0 saturated heterocycles. The molecule has 2 heterocycles. The third-order valence-corrected chi connectivity index (χ3v) is 2.74. The van der Waals surface area contributed by atoms with Gasteiger partial charge in [0.25, 0.3) is 0 Å². The van der Waals surface area contributed by atoms with Crippen LogP contribution in [0, 0.1) is 0 Å². The first kappa shape index (κ1) is 7.25. The molecule has 0 amide bonds. The van der Waals surface area contributed by atoms with Gasteiger partial charge in [0, 0.05) is 17.2 Å². The molecule has 1 N–H and O–H groups in total. The molecular formula is C7H7ClN2S. The first-order chi connectivity index (χ1) is 5.36. The smallest absolute Gasteiger partial charge is 0.141 e. The molecule has 2 nitrogen and oxygen atoms in total. The zero-order valence-corrected chi connectivity index (χ0v) is 7.37. The fourth-order valence-corrected chi connectivity index (χ4v) is 1.99. The Morgan fingerprint density at radius 2 is 2.45 bits per heavy atom. The van der Waals surface area contributed by atoms with Gasteiger partial charge in [0.15, 0.2) is 0 Å². The summed E-state index contributed by atoms with van der Waals surface area (Å²) < 4.78 is 0. The Labute approximate surface area is 74.4 Å². The lowest BCUT2D eigenvalue weighted by molar-refractivity contribution is 1.10. The van der Waals surface area contributed by atoms with Crippen molar-refractivity contribution in [2.75, 3.05) is 17.6 Å². The molecule has 0 saturated carbocycles. The number of nitrogens with one attached hydrogen (secondary N) is 1. The number of hydrogen-bond donors (Lipinski definition) is 1. The Balaban J connectivity index is 2.43. The van der Waals surface area contributed by atoms with Crippen LogP contribution >= 0.6 is 23.4 Å².